The van der Waals surface area contributed by atoms with Crippen molar-refractivity contribution in [3.63, 3.8) is 0 Å². The molecule has 126 valence electrons. The number of nitrogens with one attached hydrogen (secondary N) is 2. The molecular formula is C14H22N6O3. The molecular weight excluding hydrogens is 300 g/mol. The van der Waals surface area contributed by atoms with Crippen LogP contribution < -0.4 is 11.4 Å². The first-order chi connectivity index (χ1) is 11.1. The quantitative estimate of drug-likeness (QED) is 0.567. The number of anilines is 1. The summed E-state index contributed by atoms with van der Waals surface area (Å²) in [5.74, 6) is -0.449. The van der Waals surface area contributed by atoms with Gasteiger partial charge >= 0.3 is 11.7 Å². The number of rotatable bonds is 6. The number of hydrogen-bond acceptors (Lipinski definition) is 5. The number of unbranched alkanes of at least 4 members (excludes halogenated alkanes) is 1. The summed E-state index contributed by atoms with van der Waals surface area (Å²) >= 11 is 0. The number of carbonyl (C=O) groups is 1. The Balaban J connectivity index is 1.55. The SMILES string of the molecule is Nc1n[nH]c2c1[nH]c(=O)n2CCCCN1CCCCC1C(=O)O. The van der Waals surface area contributed by atoms with Gasteiger partial charge < -0.3 is 15.8 Å². The van der Waals surface area contributed by atoms with E-state index in [0.29, 0.717) is 17.7 Å². The predicted molar refractivity (Wildman–Crippen MR) is 85.2 cm³/mol. The van der Waals surface area contributed by atoms with Crippen molar-refractivity contribution in [2.45, 2.75) is 44.7 Å². The van der Waals surface area contributed by atoms with E-state index in [-0.39, 0.29) is 17.5 Å². The number of imidazole rings is 1. The number of aromatic amines is 2. The maximum absolute atomic E-state index is 11.9. The average molecular weight is 322 g/mol. The molecule has 0 saturated carbocycles. The van der Waals surface area contributed by atoms with Gasteiger partial charge in [0.25, 0.3) is 0 Å². The predicted octanol–water partition coefficient (Wildman–Crippen LogP) is 0.354. The summed E-state index contributed by atoms with van der Waals surface area (Å²) in [5.41, 5.74) is 6.60. The molecule has 0 aliphatic carbocycles. The molecule has 1 unspecified atom stereocenters. The number of carboxylic acids is 1. The fourth-order valence-electron chi connectivity index (χ4n) is 3.28. The molecule has 1 atom stereocenters. The summed E-state index contributed by atoms with van der Waals surface area (Å²) in [7, 11) is 0. The summed E-state index contributed by atoms with van der Waals surface area (Å²) in [5, 5.41) is 15.9. The molecule has 3 heterocycles. The largest absolute Gasteiger partial charge is 0.480 e. The molecule has 9 heteroatoms. The van der Waals surface area contributed by atoms with E-state index in [1.54, 1.807) is 4.57 Å². The molecule has 0 radical (unpaired) electrons. The lowest BCUT2D eigenvalue weighted by Gasteiger charge is -2.32. The highest BCUT2D eigenvalue weighted by molar-refractivity contribution is 5.81. The molecule has 23 heavy (non-hydrogen) atoms. The summed E-state index contributed by atoms with van der Waals surface area (Å²) in [6.45, 7) is 2.12. The Labute approximate surface area is 132 Å². The number of nitrogen functional groups attached to an aromatic ring is 1. The van der Waals surface area contributed by atoms with E-state index in [0.717, 1.165) is 45.2 Å². The minimum Gasteiger partial charge on any atom is -0.480 e. The number of nitrogens with zero attached hydrogens (tertiary/aromatic N) is 3. The molecule has 0 spiro atoms. The minimum absolute atomic E-state index is 0.207. The summed E-state index contributed by atoms with van der Waals surface area (Å²) in [6, 6.07) is -0.363. The Kier molecular flexibility index (Phi) is 4.37. The summed E-state index contributed by atoms with van der Waals surface area (Å²) in [6.07, 6.45) is 4.38. The Morgan fingerprint density at radius 1 is 1.35 bits per heavy atom. The van der Waals surface area contributed by atoms with E-state index in [1.807, 2.05) is 4.90 Å². The van der Waals surface area contributed by atoms with Crippen molar-refractivity contribution >= 4 is 23.0 Å². The molecule has 5 N–H and O–H groups in total. The average Bonchev–Trinajstić information content (AvgIpc) is 3.04. The second-order valence-corrected chi connectivity index (χ2v) is 6.01. The molecule has 2 aromatic rings. The topological polar surface area (TPSA) is 133 Å². The Morgan fingerprint density at radius 2 is 2.13 bits per heavy atom. The van der Waals surface area contributed by atoms with Gasteiger partial charge in [0.1, 0.15) is 11.6 Å². The van der Waals surface area contributed by atoms with Crippen LogP contribution in [0, 0.1) is 0 Å². The second-order valence-electron chi connectivity index (χ2n) is 6.01. The zero-order chi connectivity index (χ0) is 16.4. The molecule has 1 aliphatic rings. The van der Waals surface area contributed by atoms with Gasteiger partial charge in [-0.15, -0.1) is 0 Å². The van der Waals surface area contributed by atoms with Crippen molar-refractivity contribution in [3.05, 3.63) is 10.5 Å². The van der Waals surface area contributed by atoms with Gasteiger partial charge in [-0.1, -0.05) is 6.42 Å². The van der Waals surface area contributed by atoms with Gasteiger partial charge in [-0.25, -0.2) is 4.79 Å². The lowest BCUT2D eigenvalue weighted by atomic mass is 10.0. The van der Waals surface area contributed by atoms with E-state index in [2.05, 4.69) is 15.2 Å². The maximum Gasteiger partial charge on any atom is 0.327 e. The van der Waals surface area contributed by atoms with Crippen LogP contribution >= 0.6 is 0 Å². The monoisotopic (exact) mass is 322 g/mol. The van der Waals surface area contributed by atoms with Crippen LogP contribution in [0.2, 0.25) is 0 Å². The zero-order valence-electron chi connectivity index (χ0n) is 12.9. The Hall–Kier alpha value is -2.29. The van der Waals surface area contributed by atoms with Gasteiger partial charge in [0, 0.05) is 6.54 Å². The molecule has 0 aromatic carbocycles. The standard InChI is InChI=1S/C14H22N6O3/c15-11-10-12(18-17-11)20(14(23)16-10)8-4-3-7-19-6-2-1-5-9(19)13(21)22/h9H,1-8H2,(H,16,23)(H,21,22)(H3,15,17,18). The van der Waals surface area contributed by atoms with Crippen LogP contribution in [0.15, 0.2) is 4.79 Å². The molecule has 1 aliphatic heterocycles. The number of likely N-dealkylation sites (tertiary alicyclic amines) is 1. The normalized spacial score (nSPS) is 19.4. The number of carboxylic acid groups (broad SMARTS) is 1. The number of fused-ring (bicyclic) bond motifs is 1. The van der Waals surface area contributed by atoms with Crippen molar-refractivity contribution in [1.29, 1.82) is 0 Å². The van der Waals surface area contributed by atoms with E-state index < -0.39 is 5.97 Å². The third-order valence-electron chi connectivity index (χ3n) is 4.50. The van der Waals surface area contributed by atoms with Crippen molar-refractivity contribution < 1.29 is 9.90 Å². The zero-order valence-corrected chi connectivity index (χ0v) is 12.9. The van der Waals surface area contributed by atoms with E-state index in [9.17, 15) is 14.7 Å². The van der Waals surface area contributed by atoms with E-state index in [4.69, 9.17) is 5.73 Å². The second kappa shape index (κ2) is 6.45. The van der Waals surface area contributed by atoms with Gasteiger partial charge in [0.15, 0.2) is 11.5 Å². The highest BCUT2D eigenvalue weighted by atomic mass is 16.4. The van der Waals surface area contributed by atoms with Gasteiger partial charge in [-0.05, 0) is 38.8 Å². The van der Waals surface area contributed by atoms with Gasteiger partial charge in [0.05, 0.1) is 0 Å². The molecule has 1 fully saturated rings. The maximum atomic E-state index is 11.9. The molecule has 0 amide bonds. The molecule has 2 aromatic heterocycles. The first-order valence-corrected chi connectivity index (χ1v) is 7.97. The summed E-state index contributed by atoms with van der Waals surface area (Å²) in [4.78, 5) is 27.9. The highest BCUT2D eigenvalue weighted by Crippen LogP contribution is 2.18. The number of piperidine rings is 1. The smallest absolute Gasteiger partial charge is 0.327 e. The van der Waals surface area contributed by atoms with Crippen LogP contribution in [0.5, 0.6) is 0 Å². The first kappa shape index (κ1) is 15.6. The van der Waals surface area contributed by atoms with Crippen molar-refractivity contribution in [2.75, 3.05) is 18.8 Å². The lowest BCUT2D eigenvalue weighted by Crippen LogP contribution is -2.45. The van der Waals surface area contributed by atoms with Crippen LogP contribution in [-0.4, -0.2) is 54.9 Å². The van der Waals surface area contributed by atoms with Crippen LogP contribution in [-0.2, 0) is 11.3 Å². The van der Waals surface area contributed by atoms with Crippen LogP contribution in [0.3, 0.4) is 0 Å². The van der Waals surface area contributed by atoms with Crippen LogP contribution in [0.4, 0.5) is 5.82 Å². The van der Waals surface area contributed by atoms with Gasteiger partial charge in [-0.3, -0.25) is 19.4 Å². The molecule has 9 nitrogen and oxygen atoms in total. The van der Waals surface area contributed by atoms with Crippen LogP contribution in [0.25, 0.3) is 11.2 Å². The van der Waals surface area contributed by atoms with Crippen molar-refractivity contribution in [1.82, 2.24) is 24.6 Å². The van der Waals surface area contributed by atoms with Crippen molar-refractivity contribution in [3.8, 4) is 0 Å². The van der Waals surface area contributed by atoms with Gasteiger partial charge in [-0.2, -0.15) is 5.10 Å². The number of H-pyrrole nitrogens is 2. The third kappa shape index (κ3) is 3.09. The molecule has 0 bridgehead atoms. The Morgan fingerprint density at radius 3 is 2.91 bits per heavy atom. The fraction of sp³-hybridized carbons (Fsp3) is 0.643. The third-order valence-corrected chi connectivity index (χ3v) is 4.50. The minimum atomic E-state index is -0.735. The molecule has 1 saturated heterocycles. The Bertz CT molecular complexity index is 745. The number of aliphatic carboxylic acids is 1. The molecule has 3 rings (SSSR count). The number of nitrogens with two attached hydrogens (primary N) is 1. The fourth-order valence-corrected chi connectivity index (χ4v) is 3.28. The number of aromatic nitrogens is 4. The van der Waals surface area contributed by atoms with E-state index in [1.165, 1.54) is 0 Å². The van der Waals surface area contributed by atoms with Gasteiger partial charge in [0.2, 0.25) is 0 Å². The van der Waals surface area contributed by atoms with Crippen molar-refractivity contribution in [2.24, 2.45) is 0 Å². The number of aryl methyl sites for hydroxylation is 1. The van der Waals surface area contributed by atoms with Crippen LogP contribution in [0.1, 0.15) is 32.1 Å². The lowest BCUT2D eigenvalue weighted by molar-refractivity contribution is -0.144. The highest BCUT2D eigenvalue weighted by Gasteiger charge is 2.27. The van der Waals surface area contributed by atoms with E-state index >= 15 is 0 Å². The first-order valence-electron chi connectivity index (χ1n) is 7.97. The number of hydrogen-bond donors (Lipinski definition) is 4. The summed E-state index contributed by atoms with van der Waals surface area (Å²) < 4.78 is 1.59.